The number of nitrogens with zero attached hydrogens (tertiary/aromatic N) is 2. The number of carbonyl (C=O) groups is 10. The fourth-order valence-corrected chi connectivity index (χ4v) is 12.3. The SMILES string of the molecule is COc1cc(SC)ccc1C(=O)O.CS(=O)(=O)c1ccc(C(=O)O)cc1.Cc1c(C(=O)O)[nH]c2ccccc12.Cc1ccsc1C(=O)O.O=C(O)CCCc1cccs1.O=C(O)c1cc2ccccc2oc1=O.O=C(O)c1ccc2c(c1)OCO2.O=C(O)c1ccccn1.O=C(O)c1ccsc1.O=C(O)c1cnc2ccccc2c1. The van der Waals surface area contributed by atoms with Crippen LogP contribution in [0.3, 0.4) is 0 Å². The number of sulfone groups is 1. The molecule has 6 aromatic carbocycles. The van der Waals surface area contributed by atoms with Gasteiger partial charge in [0.2, 0.25) is 6.79 Å². The van der Waals surface area contributed by atoms with Crippen LogP contribution in [0.4, 0.5) is 0 Å². The molecule has 8 heterocycles. The summed E-state index contributed by atoms with van der Waals surface area (Å²) >= 11 is 5.87. The van der Waals surface area contributed by atoms with Gasteiger partial charge in [-0.1, -0.05) is 66.7 Å². The fraction of sp³-hybridized carbons (Fsp3) is 0.113. The summed E-state index contributed by atoms with van der Waals surface area (Å²) in [5.41, 5.74) is 3.97. The Morgan fingerprint density at radius 1 is 0.548 bits per heavy atom. The van der Waals surface area contributed by atoms with Gasteiger partial charge in [-0.25, -0.2) is 61.3 Å². The van der Waals surface area contributed by atoms with Gasteiger partial charge in [0.05, 0.1) is 39.8 Å². The van der Waals surface area contributed by atoms with Gasteiger partial charge < -0.3 is 74.7 Å². The van der Waals surface area contributed by atoms with Crippen LogP contribution in [0.2, 0.25) is 0 Å². The predicted molar refractivity (Wildman–Crippen MR) is 429 cm³/mol. The van der Waals surface area contributed by atoms with Crippen LogP contribution >= 0.6 is 45.8 Å². The zero-order valence-electron chi connectivity index (χ0n) is 61.0. The molecule has 0 bridgehead atoms. The molecular weight excluding hydrogens is 1600 g/mol. The molecule has 1 aliphatic heterocycles. The highest BCUT2D eigenvalue weighted by Crippen LogP contribution is 2.33. The summed E-state index contributed by atoms with van der Waals surface area (Å²) in [6.45, 7) is 3.76. The number of aryl methyl sites for hydroxylation is 3. The van der Waals surface area contributed by atoms with Crippen molar-refractivity contribution in [1.29, 1.82) is 0 Å². The molecule has 13 aromatic rings. The Hall–Kier alpha value is -13.9. The highest BCUT2D eigenvalue weighted by molar-refractivity contribution is 7.98. The number of aromatic amines is 1. The smallest absolute Gasteiger partial charge is 0.354 e. The van der Waals surface area contributed by atoms with Gasteiger partial charge in [-0.05, 0) is 182 Å². The van der Waals surface area contributed by atoms with Crippen LogP contribution in [0, 0.1) is 13.8 Å². The first-order valence-corrected chi connectivity index (χ1v) is 38.6. The number of aromatic carboxylic acids is 9. The number of rotatable bonds is 16. The molecule has 0 amide bonds. The lowest BCUT2D eigenvalue weighted by atomic mass is 10.1. The van der Waals surface area contributed by atoms with Crippen molar-refractivity contribution in [2.45, 2.75) is 42.9 Å². The minimum atomic E-state index is -3.24. The summed E-state index contributed by atoms with van der Waals surface area (Å²) in [7, 11) is -1.77. The molecule has 0 radical (unpaired) electrons. The number of carboxylic acid groups (broad SMARTS) is 10. The Bertz CT molecular complexity index is 5670. The number of fused-ring (bicyclic) bond motifs is 4. The maximum Gasteiger partial charge on any atom is 0.354 e. The molecule has 1 aliphatic rings. The third kappa shape index (κ3) is 30.4. The summed E-state index contributed by atoms with van der Waals surface area (Å²) in [6.07, 6.45) is 7.73. The van der Waals surface area contributed by atoms with Gasteiger partial charge in [0.15, 0.2) is 21.3 Å². The van der Waals surface area contributed by atoms with E-state index >= 15 is 0 Å². The first-order valence-electron chi connectivity index (χ1n) is 32.8. The van der Waals surface area contributed by atoms with E-state index in [2.05, 4.69) is 15.0 Å². The summed E-state index contributed by atoms with van der Waals surface area (Å²) in [5, 5.41) is 95.1. The first-order chi connectivity index (χ1) is 54.6. The van der Waals surface area contributed by atoms with Crippen LogP contribution in [0.5, 0.6) is 17.2 Å². The van der Waals surface area contributed by atoms with Crippen LogP contribution in [-0.2, 0) is 21.1 Å². The van der Waals surface area contributed by atoms with E-state index in [-0.39, 0.29) is 57.3 Å². The van der Waals surface area contributed by atoms with Crippen molar-refractivity contribution in [3.8, 4) is 17.2 Å². The normalized spacial score (nSPS) is 10.3. The molecule has 0 unspecified atom stereocenters. The molecule has 0 fully saturated rings. The van der Waals surface area contributed by atoms with Crippen molar-refractivity contribution in [3.63, 3.8) is 0 Å². The number of para-hydroxylation sites is 3. The molecule has 0 saturated heterocycles. The van der Waals surface area contributed by atoms with Crippen molar-refractivity contribution >= 4 is 148 Å². The van der Waals surface area contributed by atoms with Gasteiger partial charge in [-0.2, -0.15) is 11.3 Å². The number of aromatic nitrogens is 3. The zero-order chi connectivity index (χ0) is 84.9. The zero-order valence-corrected chi connectivity index (χ0v) is 65.1. The topological polar surface area (TPSA) is 507 Å². The molecule has 0 aliphatic carbocycles. The molecule has 0 spiro atoms. The van der Waals surface area contributed by atoms with Gasteiger partial charge in [-0.3, -0.25) is 9.78 Å². The van der Waals surface area contributed by atoms with E-state index in [4.69, 9.17) is 69.7 Å². The molecule has 14 rings (SSSR count). The van der Waals surface area contributed by atoms with Crippen molar-refractivity contribution < 1.29 is 126 Å². The standard InChI is InChI=1S/C10H9NO2.C10H7NO2.C10H6O4.C9H10O3S.C8H8O4S.C8H6O4.C8H10O2S.C6H5NO2.C6H6O2S.C5H4O2S/c1-6-7-4-2-3-5-8(7)11-9(6)10(12)13;12-10(13)8-5-7-3-1-2-4-9(7)11-6-8;11-9(12)7-5-6-3-1-2-4-8(6)14-10(7)13;1-12-8-5-6(13-2)3-4-7(8)9(10)11;1-13(11,12)7-4-2-6(3-5-7)8(9)10;9-8(10)5-1-2-6-7(3-5)12-4-11-6;9-8(10)5-1-3-7-4-2-6-11-7;8-6(9)5-3-1-2-4-7-5;1-4-2-3-9-5(4)6(7)8;6-5(7)4-1-2-8-3-4/h2-5,11H,1H3,(H,12,13);1-6H,(H,12,13);1-5H,(H,11,12);3-5H,1-2H3,(H,10,11);2-5H,1H3,(H,9,10);1-3H,4H2,(H,9,10);2,4,6H,1,3,5H2,(H,9,10);1-4H,(H,8,9);2-3H,1H3,(H,7,8);1-3H,(H,6,7). The van der Waals surface area contributed by atoms with Crippen molar-refractivity contribution in [2.75, 3.05) is 26.4 Å². The van der Waals surface area contributed by atoms with Crippen molar-refractivity contribution in [2.24, 2.45) is 0 Å². The number of thiophene rings is 3. The summed E-state index contributed by atoms with van der Waals surface area (Å²) in [6, 6.07) is 51.4. The summed E-state index contributed by atoms with van der Waals surface area (Å²) < 4.78 is 41.7. The number of nitrogens with one attached hydrogen (secondary N) is 1. The highest BCUT2D eigenvalue weighted by atomic mass is 32.2. The van der Waals surface area contributed by atoms with Crippen LogP contribution in [-0.4, -0.2) is 161 Å². The number of pyridine rings is 2. The van der Waals surface area contributed by atoms with Crippen LogP contribution < -0.4 is 19.8 Å². The van der Waals surface area contributed by atoms with E-state index in [0.717, 1.165) is 56.9 Å². The van der Waals surface area contributed by atoms with E-state index < -0.39 is 75.2 Å². The van der Waals surface area contributed by atoms with Gasteiger partial charge in [0.25, 0.3) is 0 Å². The molecule has 598 valence electrons. The minimum Gasteiger partial charge on any atom is -0.496 e. The Labute approximate surface area is 669 Å². The summed E-state index contributed by atoms with van der Waals surface area (Å²) in [4.78, 5) is 129. The number of benzene rings is 6. The largest absolute Gasteiger partial charge is 0.496 e. The van der Waals surface area contributed by atoms with Crippen LogP contribution in [0.15, 0.2) is 241 Å². The molecule has 0 atom stereocenters. The van der Waals surface area contributed by atoms with Crippen molar-refractivity contribution in [1.82, 2.24) is 15.0 Å². The van der Waals surface area contributed by atoms with E-state index in [0.29, 0.717) is 38.7 Å². The third-order valence-electron chi connectivity index (χ3n) is 14.8. The van der Waals surface area contributed by atoms with E-state index in [9.17, 15) is 61.2 Å². The highest BCUT2D eigenvalue weighted by Gasteiger charge is 2.18. The molecule has 11 N–H and O–H groups in total. The monoisotopic (exact) mass is 1670 g/mol. The second-order valence-corrected chi connectivity index (χ2v) is 28.4. The molecule has 115 heavy (non-hydrogen) atoms. The van der Waals surface area contributed by atoms with Gasteiger partial charge in [-0.15, -0.1) is 34.4 Å². The maximum atomic E-state index is 11.1. The molecule has 7 aromatic heterocycles. The van der Waals surface area contributed by atoms with Crippen LogP contribution in [0.25, 0.3) is 32.8 Å². The Balaban J connectivity index is 0.000000229. The molecule has 0 saturated carbocycles. The van der Waals surface area contributed by atoms with E-state index in [1.54, 1.807) is 125 Å². The number of aliphatic carboxylic acids is 1. The van der Waals surface area contributed by atoms with Gasteiger partial charge in [0, 0.05) is 61.9 Å². The molecular formula is C80H71N3O27S5. The number of carboxylic acids is 10. The lowest BCUT2D eigenvalue weighted by Crippen LogP contribution is -2.12. The minimum absolute atomic E-state index is 0.0763. The Kier molecular flexibility index (Phi) is 36.8. The number of H-pyrrole nitrogens is 1. The number of methoxy groups -OCH3 is 1. The lowest BCUT2D eigenvalue weighted by molar-refractivity contribution is -0.137. The number of hydrogen-bond acceptors (Lipinski definition) is 23. The molecule has 30 nitrogen and oxygen atoms in total. The lowest BCUT2D eigenvalue weighted by Gasteiger charge is -2.05. The molecule has 35 heteroatoms. The second kappa shape index (κ2) is 46.1. The van der Waals surface area contributed by atoms with E-state index in [1.807, 2.05) is 79.2 Å². The fourth-order valence-electron chi connectivity index (χ4n) is 9.08. The number of ether oxygens (including phenoxy) is 3. The van der Waals surface area contributed by atoms with Crippen LogP contribution in [0.1, 0.15) is 122 Å². The third-order valence-corrected chi connectivity index (χ3v) is 19.3. The van der Waals surface area contributed by atoms with Gasteiger partial charge >= 0.3 is 65.3 Å². The predicted octanol–water partition coefficient (Wildman–Crippen LogP) is 15.8. The average Bonchev–Trinajstić information content (AvgIpc) is 1.69. The Morgan fingerprint density at radius 2 is 1.17 bits per heavy atom. The van der Waals surface area contributed by atoms with Gasteiger partial charge in [0.1, 0.15) is 38.7 Å². The van der Waals surface area contributed by atoms with E-state index in [1.165, 1.54) is 95.6 Å². The average molecular weight is 1670 g/mol. The maximum absolute atomic E-state index is 11.1. The van der Waals surface area contributed by atoms with Crippen molar-refractivity contribution in [3.05, 3.63) is 298 Å². The number of thioether (sulfide) groups is 1. The Morgan fingerprint density at radius 3 is 1.69 bits per heavy atom. The second-order valence-electron chi connectivity index (χ2n) is 22.7. The first kappa shape index (κ1) is 91.7. The quantitative estimate of drug-likeness (QED) is 0.0316. The summed E-state index contributed by atoms with van der Waals surface area (Å²) in [5.74, 6) is -8.02. The number of hydrogen-bond donors (Lipinski definition) is 11.